The van der Waals surface area contributed by atoms with Gasteiger partial charge in [-0.25, -0.2) is 13.2 Å². The second-order valence-electron chi connectivity index (χ2n) is 5.05. The van der Waals surface area contributed by atoms with Crippen LogP contribution in [0.1, 0.15) is 6.92 Å². The highest BCUT2D eigenvalue weighted by Crippen LogP contribution is 2.24. The number of ether oxygens (including phenoxy) is 1. The van der Waals surface area contributed by atoms with E-state index in [4.69, 9.17) is 4.74 Å². The van der Waals surface area contributed by atoms with Crippen LogP contribution in [-0.2, 0) is 14.8 Å². The van der Waals surface area contributed by atoms with Gasteiger partial charge in [-0.2, -0.15) is 4.37 Å². The van der Waals surface area contributed by atoms with Crippen LogP contribution in [0.5, 0.6) is 0 Å². The third-order valence-corrected chi connectivity index (χ3v) is 5.47. The van der Waals surface area contributed by atoms with Gasteiger partial charge in [0.25, 0.3) is 10.0 Å². The molecule has 0 aliphatic heterocycles. The average Bonchev–Trinajstić information content (AvgIpc) is 3.03. The number of carbonyl (C=O) groups excluding carboxylic acids is 1. The summed E-state index contributed by atoms with van der Waals surface area (Å²) in [6, 6.07) is 11.1. The van der Waals surface area contributed by atoms with Crippen molar-refractivity contribution in [1.82, 2.24) is 4.37 Å². The molecule has 0 bridgehead atoms. The molecule has 0 spiro atoms. The van der Waals surface area contributed by atoms with Gasteiger partial charge in [-0.3, -0.25) is 10.0 Å². The van der Waals surface area contributed by atoms with Gasteiger partial charge in [0.15, 0.2) is 0 Å². The van der Waals surface area contributed by atoms with Crippen molar-refractivity contribution < 1.29 is 17.9 Å². The summed E-state index contributed by atoms with van der Waals surface area (Å²) in [5.41, 5.74) is 0.907. The molecule has 0 saturated carbocycles. The third-order valence-electron chi connectivity index (χ3n) is 3.29. The third kappa shape index (κ3) is 4.06. The van der Waals surface area contributed by atoms with Crippen LogP contribution < -0.4 is 10.0 Å². The second kappa shape index (κ2) is 7.08. The van der Waals surface area contributed by atoms with E-state index in [1.54, 1.807) is 25.3 Å². The van der Waals surface area contributed by atoms with Crippen LogP contribution in [0.3, 0.4) is 0 Å². The molecule has 1 heterocycles. The summed E-state index contributed by atoms with van der Waals surface area (Å²) in [7, 11) is -3.73. The van der Waals surface area contributed by atoms with Crippen molar-refractivity contribution in [2.24, 2.45) is 0 Å². The minimum Gasteiger partial charge on any atom is -0.450 e. The number of aromatic nitrogens is 1. The Morgan fingerprint density at radius 2 is 1.88 bits per heavy atom. The SMILES string of the molecule is CCOC(=O)Nc1ccc(S(=O)(=O)Nc2ccc3sncc3c2)cc1. The first kappa shape index (κ1) is 17.2. The van der Waals surface area contributed by atoms with Crippen LogP contribution in [0.15, 0.2) is 53.6 Å². The molecule has 0 atom stereocenters. The van der Waals surface area contributed by atoms with Crippen molar-refractivity contribution in [1.29, 1.82) is 0 Å². The molecule has 2 aromatic carbocycles. The molecule has 1 amide bonds. The van der Waals surface area contributed by atoms with E-state index in [2.05, 4.69) is 14.4 Å². The maximum atomic E-state index is 12.5. The lowest BCUT2D eigenvalue weighted by atomic mass is 10.2. The first-order valence-corrected chi connectivity index (χ1v) is 9.65. The first-order valence-electron chi connectivity index (χ1n) is 7.39. The molecule has 0 fully saturated rings. The van der Waals surface area contributed by atoms with Gasteiger partial charge in [0.2, 0.25) is 0 Å². The first-order chi connectivity index (χ1) is 12.0. The summed E-state index contributed by atoms with van der Waals surface area (Å²) in [5, 5.41) is 3.38. The minimum atomic E-state index is -3.73. The minimum absolute atomic E-state index is 0.0884. The van der Waals surface area contributed by atoms with E-state index in [-0.39, 0.29) is 11.5 Å². The van der Waals surface area contributed by atoms with Crippen LogP contribution in [0.4, 0.5) is 16.2 Å². The molecule has 7 nitrogen and oxygen atoms in total. The summed E-state index contributed by atoms with van der Waals surface area (Å²) >= 11 is 1.35. The number of sulfonamides is 1. The average molecular weight is 377 g/mol. The summed E-state index contributed by atoms with van der Waals surface area (Å²) < 4.78 is 37.3. The molecule has 0 aliphatic carbocycles. The van der Waals surface area contributed by atoms with E-state index in [0.717, 1.165) is 10.1 Å². The number of fused-ring (bicyclic) bond motifs is 1. The normalized spacial score (nSPS) is 11.2. The Bertz CT molecular complexity index is 998. The number of carbonyl (C=O) groups is 1. The van der Waals surface area contributed by atoms with E-state index in [1.165, 1.54) is 35.8 Å². The number of hydrogen-bond acceptors (Lipinski definition) is 6. The Kier molecular flexibility index (Phi) is 4.86. The fourth-order valence-corrected chi connectivity index (χ4v) is 3.83. The number of amides is 1. The van der Waals surface area contributed by atoms with Gasteiger partial charge in [-0.05, 0) is 60.9 Å². The van der Waals surface area contributed by atoms with Crippen molar-refractivity contribution in [2.45, 2.75) is 11.8 Å². The number of rotatable bonds is 5. The van der Waals surface area contributed by atoms with Crippen molar-refractivity contribution in [2.75, 3.05) is 16.6 Å². The quantitative estimate of drug-likeness (QED) is 0.707. The van der Waals surface area contributed by atoms with Gasteiger partial charge >= 0.3 is 6.09 Å². The zero-order chi connectivity index (χ0) is 17.9. The van der Waals surface area contributed by atoms with Crippen molar-refractivity contribution in [3.8, 4) is 0 Å². The van der Waals surface area contributed by atoms with Crippen LogP contribution in [0.2, 0.25) is 0 Å². The molecule has 1 aromatic heterocycles. The molecule has 2 N–H and O–H groups in total. The molecular formula is C16H15N3O4S2. The van der Waals surface area contributed by atoms with Gasteiger partial charge in [0.1, 0.15) is 0 Å². The Morgan fingerprint density at radius 1 is 1.16 bits per heavy atom. The van der Waals surface area contributed by atoms with Crippen molar-refractivity contribution in [3.63, 3.8) is 0 Å². The number of benzene rings is 2. The molecule has 130 valence electrons. The molecular weight excluding hydrogens is 362 g/mol. The van der Waals surface area contributed by atoms with Crippen molar-refractivity contribution >= 4 is 49.1 Å². The number of nitrogens with one attached hydrogen (secondary N) is 2. The molecule has 0 radical (unpaired) electrons. The number of nitrogens with zero attached hydrogens (tertiary/aromatic N) is 1. The largest absolute Gasteiger partial charge is 0.450 e. The summed E-state index contributed by atoms with van der Waals surface area (Å²) in [5.74, 6) is 0. The maximum absolute atomic E-state index is 12.5. The number of anilines is 2. The lowest BCUT2D eigenvalue weighted by Gasteiger charge is -2.09. The molecule has 3 aromatic rings. The molecule has 3 rings (SSSR count). The van der Waals surface area contributed by atoms with Crippen LogP contribution >= 0.6 is 11.5 Å². The summed E-state index contributed by atoms with van der Waals surface area (Å²) in [6.07, 6.45) is 1.10. The lowest BCUT2D eigenvalue weighted by Crippen LogP contribution is -2.14. The summed E-state index contributed by atoms with van der Waals surface area (Å²) in [6.45, 7) is 1.95. The zero-order valence-electron chi connectivity index (χ0n) is 13.2. The highest BCUT2D eigenvalue weighted by atomic mass is 32.2. The van der Waals surface area contributed by atoms with Crippen LogP contribution in [-0.4, -0.2) is 25.5 Å². The fourth-order valence-electron chi connectivity index (χ4n) is 2.15. The smallest absolute Gasteiger partial charge is 0.411 e. The zero-order valence-corrected chi connectivity index (χ0v) is 14.9. The van der Waals surface area contributed by atoms with Gasteiger partial charge in [-0.15, -0.1) is 0 Å². The summed E-state index contributed by atoms with van der Waals surface area (Å²) in [4.78, 5) is 11.4. The van der Waals surface area contributed by atoms with E-state index in [1.807, 2.05) is 6.07 Å². The van der Waals surface area contributed by atoms with Crippen molar-refractivity contribution in [3.05, 3.63) is 48.7 Å². The van der Waals surface area contributed by atoms with Crippen LogP contribution in [0, 0.1) is 0 Å². The molecule has 9 heteroatoms. The molecule has 0 unspecified atom stereocenters. The predicted molar refractivity (Wildman–Crippen MR) is 97.5 cm³/mol. The fraction of sp³-hybridized carbons (Fsp3) is 0.125. The van der Waals surface area contributed by atoms with Gasteiger partial charge in [0.05, 0.1) is 16.2 Å². The monoisotopic (exact) mass is 377 g/mol. The highest BCUT2D eigenvalue weighted by Gasteiger charge is 2.15. The van der Waals surface area contributed by atoms with Gasteiger partial charge in [-0.1, -0.05) is 0 Å². The highest BCUT2D eigenvalue weighted by molar-refractivity contribution is 7.92. The second-order valence-corrected chi connectivity index (χ2v) is 7.57. The Labute approximate surface area is 148 Å². The van der Waals surface area contributed by atoms with Gasteiger partial charge in [0, 0.05) is 23.0 Å². The maximum Gasteiger partial charge on any atom is 0.411 e. The van der Waals surface area contributed by atoms with Crippen LogP contribution in [0.25, 0.3) is 10.1 Å². The molecule has 25 heavy (non-hydrogen) atoms. The predicted octanol–water partition coefficient (Wildman–Crippen LogP) is 3.67. The Balaban J connectivity index is 1.76. The van der Waals surface area contributed by atoms with E-state index in [0.29, 0.717) is 11.4 Å². The Morgan fingerprint density at radius 3 is 2.60 bits per heavy atom. The Hall–Kier alpha value is -2.65. The number of hydrogen-bond donors (Lipinski definition) is 2. The topological polar surface area (TPSA) is 97.4 Å². The van der Waals surface area contributed by atoms with Gasteiger partial charge < -0.3 is 4.74 Å². The molecule has 0 saturated heterocycles. The lowest BCUT2D eigenvalue weighted by molar-refractivity contribution is 0.168. The van der Waals surface area contributed by atoms with E-state index in [9.17, 15) is 13.2 Å². The van der Waals surface area contributed by atoms with E-state index < -0.39 is 16.1 Å². The molecule has 0 aliphatic rings. The standard InChI is InChI=1S/C16H15N3O4S2/c1-2-23-16(20)18-12-3-6-14(7-4-12)25(21,22)19-13-5-8-15-11(9-13)10-17-24-15/h3-10,19H,2H2,1H3,(H,18,20). The van der Waals surface area contributed by atoms with E-state index >= 15 is 0 Å².